The third-order valence-corrected chi connectivity index (χ3v) is 3.12. The summed E-state index contributed by atoms with van der Waals surface area (Å²) in [6.45, 7) is 1.96. The van der Waals surface area contributed by atoms with Crippen LogP contribution < -0.4 is 0 Å². The van der Waals surface area contributed by atoms with Crippen molar-refractivity contribution in [3.8, 4) is 0 Å². The van der Waals surface area contributed by atoms with E-state index in [4.69, 9.17) is 0 Å². The highest BCUT2D eigenvalue weighted by molar-refractivity contribution is 7.18. The maximum atomic E-state index is 9.58. The molecule has 3 heteroatoms. The fourth-order valence-electron chi connectivity index (χ4n) is 1.21. The zero-order valence-electron chi connectivity index (χ0n) is 7.40. The normalized spacial score (nSPS) is 13.4. The smallest absolute Gasteiger partial charge is 0.122 e. The van der Waals surface area contributed by atoms with E-state index in [0.717, 1.165) is 21.6 Å². The molecule has 2 aromatic rings. The lowest BCUT2D eigenvalue weighted by molar-refractivity contribution is 0.173. The Labute approximate surface area is 80.9 Å². The number of aliphatic hydroxyl groups is 1. The predicted molar refractivity (Wildman–Crippen MR) is 54.9 cm³/mol. The van der Waals surface area contributed by atoms with Gasteiger partial charge in [-0.05, 0) is 18.6 Å². The van der Waals surface area contributed by atoms with Crippen molar-refractivity contribution >= 4 is 21.6 Å². The molecule has 0 fully saturated rings. The molecule has 0 radical (unpaired) electrons. The molecular weight excluding hydrogens is 182 g/mol. The highest BCUT2D eigenvalue weighted by Crippen LogP contribution is 2.27. The highest BCUT2D eigenvalue weighted by atomic mass is 32.1. The molecule has 0 saturated carbocycles. The lowest BCUT2D eigenvalue weighted by atomic mass is 10.3. The van der Waals surface area contributed by atoms with Gasteiger partial charge in [0.1, 0.15) is 11.1 Å². The molecule has 0 aliphatic heterocycles. The number of rotatable bonds is 2. The fourth-order valence-corrected chi connectivity index (χ4v) is 2.24. The van der Waals surface area contributed by atoms with Gasteiger partial charge in [0.05, 0.1) is 10.2 Å². The van der Waals surface area contributed by atoms with E-state index < -0.39 is 6.10 Å². The molecule has 1 heterocycles. The average molecular weight is 193 g/mol. The first-order chi connectivity index (χ1) is 6.31. The number of hydrogen-bond acceptors (Lipinski definition) is 3. The first kappa shape index (κ1) is 8.66. The molecule has 0 saturated heterocycles. The summed E-state index contributed by atoms with van der Waals surface area (Å²) >= 11 is 1.57. The Morgan fingerprint density at radius 1 is 1.46 bits per heavy atom. The summed E-state index contributed by atoms with van der Waals surface area (Å²) in [6.07, 6.45) is 0.317. The van der Waals surface area contributed by atoms with E-state index >= 15 is 0 Å². The van der Waals surface area contributed by atoms with Crippen LogP contribution >= 0.6 is 11.3 Å². The molecule has 13 heavy (non-hydrogen) atoms. The first-order valence-electron chi connectivity index (χ1n) is 4.35. The maximum absolute atomic E-state index is 9.58. The molecule has 68 valence electrons. The molecule has 2 rings (SSSR count). The van der Waals surface area contributed by atoms with Crippen molar-refractivity contribution in [3.05, 3.63) is 29.3 Å². The number of thiazole rings is 1. The third-order valence-electron chi connectivity index (χ3n) is 1.98. The van der Waals surface area contributed by atoms with Crippen molar-refractivity contribution in [1.82, 2.24) is 4.98 Å². The maximum Gasteiger partial charge on any atom is 0.122 e. The molecule has 1 aromatic carbocycles. The number of benzene rings is 1. The van der Waals surface area contributed by atoms with Crippen LogP contribution in [0.4, 0.5) is 0 Å². The minimum Gasteiger partial charge on any atom is -0.386 e. The molecule has 0 bridgehead atoms. The summed E-state index contributed by atoms with van der Waals surface area (Å²) < 4.78 is 1.14. The summed E-state index contributed by atoms with van der Waals surface area (Å²) in [5.41, 5.74) is 0.981. The van der Waals surface area contributed by atoms with Crippen molar-refractivity contribution in [3.63, 3.8) is 0 Å². The van der Waals surface area contributed by atoms with Crippen LogP contribution in [-0.2, 0) is 0 Å². The standard InChI is InChI=1S/C10H11NOS/c1-2-8(12)10-11-7-5-3-4-6-9(7)13-10/h3-6,8,12H,2H2,1H3/t8-/m0/s1. The molecule has 1 atom stereocenters. The quantitative estimate of drug-likeness (QED) is 0.795. The van der Waals surface area contributed by atoms with Gasteiger partial charge in [-0.15, -0.1) is 11.3 Å². The molecule has 0 aliphatic carbocycles. The van der Waals surface area contributed by atoms with Gasteiger partial charge in [0.15, 0.2) is 0 Å². The van der Waals surface area contributed by atoms with E-state index in [1.807, 2.05) is 31.2 Å². The Hall–Kier alpha value is -0.930. The number of para-hydroxylation sites is 1. The van der Waals surface area contributed by atoms with Gasteiger partial charge in [-0.3, -0.25) is 0 Å². The van der Waals surface area contributed by atoms with Crippen molar-refractivity contribution in [1.29, 1.82) is 0 Å². The minimum absolute atomic E-state index is 0.405. The van der Waals surface area contributed by atoms with E-state index in [1.165, 1.54) is 0 Å². The van der Waals surface area contributed by atoms with Crippen LogP contribution in [0, 0.1) is 0 Å². The lowest BCUT2D eigenvalue weighted by Crippen LogP contribution is -1.92. The van der Waals surface area contributed by atoms with Crippen molar-refractivity contribution in [2.45, 2.75) is 19.4 Å². The van der Waals surface area contributed by atoms with Crippen LogP contribution in [0.25, 0.3) is 10.2 Å². The molecule has 0 spiro atoms. The predicted octanol–water partition coefficient (Wildman–Crippen LogP) is 2.74. The monoisotopic (exact) mass is 193 g/mol. The second kappa shape index (κ2) is 3.44. The van der Waals surface area contributed by atoms with Crippen molar-refractivity contribution in [2.24, 2.45) is 0 Å². The van der Waals surface area contributed by atoms with Crippen LogP contribution in [0.15, 0.2) is 24.3 Å². The van der Waals surface area contributed by atoms with Gasteiger partial charge < -0.3 is 5.11 Å². The van der Waals surface area contributed by atoms with E-state index in [2.05, 4.69) is 4.98 Å². The molecule has 0 aliphatic rings. The SMILES string of the molecule is CC[C@H](O)c1nc2ccccc2s1. The van der Waals surface area contributed by atoms with Crippen molar-refractivity contribution in [2.75, 3.05) is 0 Å². The summed E-state index contributed by atoms with van der Waals surface area (Å²) in [4.78, 5) is 4.35. The number of aliphatic hydroxyl groups excluding tert-OH is 1. The second-order valence-electron chi connectivity index (χ2n) is 2.94. The molecule has 1 N–H and O–H groups in total. The van der Waals surface area contributed by atoms with Crippen LogP contribution in [0.2, 0.25) is 0 Å². The van der Waals surface area contributed by atoms with Crippen LogP contribution in [-0.4, -0.2) is 10.1 Å². The first-order valence-corrected chi connectivity index (χ1v) is 5.16. The van der Waals surface area contributed by atoms with Gasteiger partial charge in [-0.25, -0.2) is 4.98 Å². The van der Waals surface area contributed by atoms with Gasteiger partial charge in [0.2, 0.25) is 0 Å². The van der Waals surface area contributed by atoms with E-state index in [1.54, 1.807) is 11.3 Å². The Bertz CT molecular complexity index is 377. The largest absolute Gasteiger partial charge is 0.386 e. The number of hydrogen-bond donors (Lipinski definition) is 1. The molecule has 0 unspecified atom stereocenters. The zero-order valence-corrected chi connectivity index (χ0v) is 8.21. The van der Waals surface area contributed by atoms with Crippen molar-refractivity contribution < 1.29 is 5.11 Å². The van der Waals surface area contributed by atoms with E-state index in [-0.39, 0.29) is 0 Å². The third kappa shape index (κ3) is 1.57. The molecule has 0 amide bonds. The molecular formula is C10H11NOS. The second-order valence-corrected chi connectivity index (χ2v) is 4.01. The summed E-state index contributed by atoms with van der Waals surface area (Å²) in [6, 6.07) is 7.95. The lowest BCUT2D eigenvalue weighted by Gasteiger charge is -2.00. The van der Waals surface area contributed by atoms with E-state index in [0.29, 0.717) is 0 Å². The summed E-state index contributed by atoms with van der Waals surface area (Å²) in [5.74, 6) is 0. The Morgan fingerprint density at radius 3 is 2.92 bits per heavy atom. The topological polar surface area (TPSA) is 33.1 Å². The van der Waals surface area contributed by atoms with E-state index in [9.17, 15) is 5.11 Å². The highest BCUT2D eigenvalue weighted by Gasteiger charge is 2.10. The van der Waals surface area contributed by atoms with Gasteiger partial charge in [-0.1, -0.05) is 19.1 Å². The van der Waals surface area contributed by atoms with Crippen LogP contribution in [0.5, 0.6) is 0 Å². The van der Waals surface area contributed by atoms with Gasteiger partial charge in [-0.2, -0.15) is 0 Å². The number of fused-ring (bicyclic) bond motifs is 1. The summed E-state index contributed by atoms with van der Waals surface area (Å²) in [5, 5.41) is 10.4. The minimum atomic E-state index is -0.405. The Kier molecular flexibility index (Phi) is 2.29. The van der Waals surface area contributed by atoms with Gasteiger partial charge >= 0.3 is 0 Å². The van der Waals surface area contributed by atoms with Crippen LogP contribution in [0.3, 0.4) is 0 Å². The number of aromatic nitrogens is 1. The van der Waals surface area contributed by atoms with Gasteiger partial charge in [0.25, 0.3) is 0 Å². The average Bonchev–Trinajstić information content (AvgIpc) is 2.59. The zero-order chi connectivity index (χ0) is 9.26. The summed E-state index contributed by atoms with van der Waals surface area (Å²) in [7, 11) is 0. The number of nitrogens with zero attached hydrogens (tertiary/aromatic N) is 1. The van der Waals surface area contributed by atoms with Crippen LogP contribution in [0.1, 0.15) is 24.5 Å². The van der Waals surface area contributed by atoms with Gasteiger partial charge in [0, 0.05) is 0 Å². The fraction of sp³-hybridized carbons (Fsp3) is 0.300. The Balaban J connectivity index is 2.49. The molecule has 1 aromatic heterocycles. The Morgan fingerprint density at radius 2 is 2.23 bits per heavy atom. The molecule has 2 nitrogen and oxygen atoms in total.